The van der Waals surface area contributed by atoms with Gasteiger partial charge >= 0.3 is 12.1 Å². The molecule has 6 nitrogen and oxygen atoms in total. The summed E-state index contributed by atoms with van der Waals surface area (Å²) in [6.07, 6.45) is -3.69. The minimum absolute atomic E-state index is 0.0713. The van der Waals surface area contributed by atoms with Crippen LogP contribution in [0.2, 0.25) is 0 Å². The van der Waals surface area contributed by atoms with Gasteiger partial charge in [0.05, 0.1) is 6.54 Å². The van der Waals surface area contributed by atoms with E-state index in [0.717, 1.165) is 16.4 Å². The second kappa shape index (κ2) is 9.59. The zero-order chi connectivity index (χ0) is 22.5. The fraction of sp³-hybridized carbons (Fsp3) is 0.400. The van der Waals surface area contributed by atoms with Gasteiger partial charge in [0.25, 0.3) is 0 Å². The standard InChI is InChI=1S/C18H23N3OS.C2HF3O2/c1-18(2,3)16-10-20-17(21-16)11-19-9-13(22)15-8-12-6-4-5-7-14(12)23-15;3-2(4,5)1(6)7/h4-8,10,13,19,22H,9,11H2,1-3H3,(H,20,21);(H,6,7). The first-order valence-corrected chi connectivity index (χ1v) is 9.91. The van der Waals surface area contributed by atoms with Gasteiger partial charge in [-0.1, -0.05) is 39.0 Å². The molecule has 0 saturated carbocycles. The lowest BCUT2D eigenvalue weighted by Crippen LogP contribution is -2.21. The molecule has 2 aromatic heterocycles. The van der Waals surface area contributed by atoms with Gasteiger partial charge in [-0.3, -0.25) is 0 Å². The highest BCUT2D eigenvalue weighted by atomic mass is 32.1. The number of imidazole rings is 1. The number of carboxylic acids is 1. The van der Waals surface area contributed by atoms with Crippen molar-refractivity contribution >= 4 is 27.4 Å². The van der Waals surface area contributed by atoms with Gasteiger partial charge in [-0.25, -0.2) is 9.78 Å². The lowest BCUT2D eigenvalue weighted by molar-refractivity contribution is -0.192. The number of hydrogen-bond acceptors (Lipinski definition) is 5. The number of fused-ring (bicyclic) bond motifs is 1. The van der Waals surface area contributed by atoms with Crippen LogP contribution in [0.15, 0.2) is 36.5 Å². The molecule has 4 N–H and O–H groups in total. The summed E-state index contributed by atoms with van der Waals surface area (Å²) >= 11 is 1.65. The lowest BCUT2D eigenvalue weighted by Gasteiger charge is -2.15. The predicted octanol–water partition coefficient (Wildman–Crippen LogP) is 4.38. The molecule has 0 aliphatic rings. The molecule has 1 atom stereocenters. The van der Waals surface area contributed by atoms with Gasteiger partial charge < -0.3 is 20.5 Å². The van der Waals surface area contributed by atoms with E-state index in [0.29, 0.717) is 13.1 Å². The van der Waals surface area contributed by atoms with Crippen LogP contribution < -0.4 is 5.32 Å². The maximum atomic E-state index is 10.6. The maximum Gasteiger partial charge on any atom is 0.490 e. The Labute approximate surface area is 175 Å². The molecule has 2 heterocycles. The number of nitrogens with one attached hydrogen (secondary N) is 2. The number of halogens is 3. The SMILES string of the molecule is CC(C)(C)c1cnc(CNCC(O)c2cc3ccccc3s2)[nH]1.O=C(O)C(F)(F)F. The molecule has 1 unspecified atom stereocenters. The molecule has 0 radical (unpaired) electrons. The zero-order valence-electron chi connectivity index (χ0n) is 16.7. The molecule has 0 amide bonds. The van der Waals surface area contributed by atoms with Gasteiger partial charge in [-0.05, 0) is 17.5 Å². The van der Waals surface area contributed by atoms with Crippen LogP contribution in [-0.4, -0.2) is 38.9 Å². The van der Waals surface area contributed by atoms with E-state index in [-0.39, 0.29) is 5.41 Å². The van der Waals surface area contributed by atoms with E-state index in [1.165, 1.54) is 10.1 Å². The highest BCUT2D eigenvalue weighted by Crippen LogP contribution is 2.29. The third kappa shape index (κ3) is 6.82. The summed E-state index contributed by atoms with van der Waals surface area (Å²) in [5, 5.41) is 21.9. The van der Waals surface area contributed by atoms with Crippen LogP contribution in [0.4, 0.5) is 13.2 Å². The Morgan fingerprint density at radius 2 is 1.90 bits per heavy atom. The summed E-state index contributed by atoms with van der Waals surface area (Å²) in [4.78, 5) is 17.6. The number of aliphatic hydroxyl groups is 1. The van der Waals surface area contributed by atoms with E-state index in [1.54, 1.807) is 11.3 Å². The highest BCUT2D eigenvalue weighted by Gasteiger charge is 2.38. The Morgan fingerprint density at radius 3 is 2.43 bits per heavy atom. The largest absolute Gasteiger partial charge is 0.490 e. The lowest BCUT2D eigenvalue weighted by atomic mass is 9.93. The monoisotopic (exact) mass is 443 g/mol. The predicted molar refractivity (Wildman–Crippen MR) is 109 cm³/mol. The molecule has 0 fully saturated rings. The van der Waals surface area contributed by atoms with Gasteiger partial charge in [0.2, 0.25) is 0 Å². The highest BCUT2D eigenvalue weighted by molar-refractivity contribution is 7.19. The number of carbonyl (C=O) groups is 1. The quantitative estimate of drug-likeness (QED) is 0.469. The molecule has 0 bridgehead atoms. The van der Waals surface area contributed by atoms with Crippen LogP contribution >= 0.6 is 11.3 Å². The number of aromatic nitrogens is 2. The number of benzene rings is 1. The number of nitrogens with zero attached hydrogens (tertiary/aromatic N) is 1. The zero-order valence-corrected chi connectivity index (χ0v) is 17.6. The minimum atomic E-state index is -5.08. The fourth-order valence-electron chi connectivity index (χ4n) is 2.43. The van der Waals surface area contributed by atoms with Crippen molar-refractivity contribution in [3.63, 3.8) is 0 Å². The second-order valence-electron chi connectivity index (χ2n) is 7.63. The van der Waals surface area contributed by atoms with Crippen molar-refractivity contribution in [1.82, 2.24) is 15.3 Å². The molecular formula is C20H24F3N3O3S. The van der Waals surface area contributed by atoms with Crippen LogP contribution in [-0.2, 0) is 16.8 Å². The van der Waals surface area contributed by atoms with E-state index >= 15 is 0 Å². The van der Waals surface area contributed by atoms with Crippen molar-refractivity contribution in [3.05, 3.63) is 52.9 Å². The first-order valence-electron chi connectivity index (χ1n) is 9.09. The Hall–Kier alpha value is -2.43. The topological polar surface area (TPSA) is 98.2 Å². The van der Waals surface area contributed by atoms with Gasteiger partial charge in [-0.15, -0.1) is 11.3 Å². The molecular weight excluding hydrogens is 419 g/mol. The third-order valence-electron chi connectivity index (χ3n) is 4.08. The van der Waals surface area contributed by atoms with Gasteiger partial charge in [-0.2, -0.15) is 13.2 Å². The number of aromatic amines is 1. The van der Waals surface area contributed by atoms with Crippen molar-refractivity contribution in [1.29, 1.82) is 0 Å². The summed E-state index contributed by atoms with van der Waals surface area (Å²) in [5.74, 6) is -1.86. The van der Waals surface area contributed by atoms with Crippen molar-refractivity contribution in [2.24, 2.45) is 0 Å². The molecule has 0 saturated heterocycles. The van der Waals surface area contributed by atoms with E-state index in [2.05, 4.69) is 54.3 Å². The van der Waals surface area contributed by atoms with Crippen molar-refractivity contribution in [2.45, 2.75) is 45.0 Å². The summed E-state index contributed by atoms with van der Waals surface area (Å²) in [5.41, 5.74) is 1.20. The summed E-state index contributed by atoms with van der Waals surface area (Å²) in [7, 11) is 0. The first kappa shape index (κ1) is 23.8. The van der Waals surface area contributed by atoms with Gasteiger partial charge in [0.15, 0.2) is 0 Å². The molecule has 10 heteroatoms. The molecule has 164 valence electrons. The Morgan fingerprint density at radius 1 is 1.27 bits per heavy atom. The summed E-state index contributed by atoms with van der Waals surface area (Å²) in [6.45, 7) is 7.60. The Kier molecular flexibility index (Phi) is 7.62. The van der Waals surface area contributed by atoms with Gasteiger partial charge in [0, 0.05) is 33.4 Å². The summed E-state index contributed by atoms with van der Waals surface area (Å²) in [6, 6.07) is 10.3. The molecule has 0 aliphatic carbocycles. The minimum Gasteiger partial charge on any atom is -0.475 e. The average Bonchev–Trinajstić information content (AvgIpc) is 3.28. The number of aliphatic carboxylic acids is 1. The van der Waals surface area contributed by atoms with Crippen LogP contribution in [0.1, 0.15) is 43.3 Å². The van der Waals surface area contributed by atoms with Crippen molar-refractivity contribution in [2.75, 3.05) is 6.54 Å². The number of carboxylic acid groups (broad SMARTS) is 1. The number of rotatable bonds is 5. The maximum absolute atomic E-state index is 10.6. The molecule has 0 aliphatic heterocycles. The van der Waals surface area contributed by atoms with Crippen molar-refractivity contribution < 1.29 is 28.2 Å². The Bertz CT molecular complexity index is 944. The summed E-state index contributed by atoms with van der Waals surface area (Å²) < 4.78 is 32.9. The molecule has 3 rings (SSSR count). The molecule has 1 aromatic carbocycles. The second-order valence-corrected chi connectivity index (χ2v) is 8.75. The first-order chi connectivity index (χ1) is 13.9. The van der Waals surface area contributed by atoms with Crippen molar-refractivity contribution in [3.8, 4) is 0 Å². The molecule has 3 aromatic rings. The average molecular weight is 443 g/mol. The van der Waals surface area contributed by atoms with E-state index in [1.807, 2.05) is 18.3 Å². The van der Waals surface area contributed by atoms with E-state index < -0.39 is 18.2 Å². The van der Waals surface area contributed by atoms with E-state index in [4.69, 9.17) is 9.90 Å². The number of alkyl halides is 3. The smallest absolute Gasteiger partial charge is 0.475 e. The third-order valence-corrected chi connectivity index (χ3v) is 5.30. The Balaban J connectivity index is 0.000000396. The van der Waals surface area contributed by atoms with Crippen LogP contribution in [0.5, 0.6) is 0 Å². The fourth-order valence-corrected chi connectivity index (χ4v) is 3.48. The van der Waals surface area contributed by atoms with Crippen LogP contribution in [0.25, 0.3) is 10.1 Å². The normalized spacial score (nSPS) is 13.0. The molecule has 0 spiro atoms. The van der Waals surface area contributed by atoms with Gasteiger partial charge in [0.1, 0.15) is 11.9 Å². The number of hydrogen-bond donors (Lipinski definition) is 4. The molecule has 30 heavy (non-hydrogen) atoms. The number of H-pyrrole nitrogens is 1. The van der Waals surface area contributed by atoms with Crippen LogP contribution in [0, 0.1) is 0 Å². The number of thiophene rings is 1. The van der Waals surface area contributed by atoms with E-state index in [9.17, 15) is 18.3 Å². The number of aliphatic hydroxyl groups excluding tert-OH is 1. The van der Waals surface area contributed by atoms with Crippen LogP contribution in [0.3, 0.4) is 0 Å².